The van der Waals surface area contributed by atoms with Gasteiger partial charge in [-0.15, -0.1) is 0 Å². The number of amides is 2. The van der Waals surface area contributed by atoms with E-state index in [1.807, 2.05) is 78.9 Å². The number of nitrogens with zero attached hydrogens (tertiary/aromatic N) is 2. The summed E-state index contributed by atoms with van der Waals surface area (Å²) in [6.07, 6.45) is -2.97. The molecule has 2 amide bonds. The highest BCUT2D eigenvalue weighted by Gasteiger charge is 2.40. The molecule has 3 N–H and O–H groups in total. The number of benzene rings is 3. The molecular weight excluding hydrogens is 666 g/mol. The van der Waals surface area contributed by atoms with Crippen molar-refractivity contribution in [3.05, 3.63) is 101 Å². The second-order valence-electron chi connectivity index (χ2n) is 13.8. The van der Waals surface area contributed by atoms with Gasteiger partial charge in [-0.1, -0.05) is 66.7 Å². The molecule has 2 aliphatic heterocycles. The van der Waals surface area contributed by atoms with Crippen molar-refractivity contribution in [2.24, 2.45) is 0 Å². The maximum Gasteiger partial charge on any atom is 0.408 e. The largest absolute Gasteiger partial charge is 0.492 e. The predicted molar refractivity (Wildman–Crippen MR) is 193 cm³/mol. The Morgan fingerprint density at radius 1 is 0.962 bits per heavy atom. The van der Waals surface area contributed by atoms with E-state index in [9.17, 15) is 19.8 Å². The van der Waals surface area contributed by atoms with E-state index in [1.165, 1.54) is 12.0 Å². The van der Waals surface area contributed by atoms with Crippen molar-refractivity contribution in [2.45, 2.75) is 61.7 Å². The van der Waals surface area contributed by atoms with Crippen LogP contribution >= 0.6 is 0 Å². The van der Waals surface area contributed by atoms with E-state index in [0.29, 0.717) is 19.4 Å². The molecule has 0 aromatic heterocycles. The van der Waals surface area contributed by atoms with Gasteiger partial charge in [-0.2, -0.15) is 0 Å². The minimum absolute atomic E-state index is 0.104. The fourth-order valence-electron chi connectivity index (χ4n) is 7.46. The van der Waals surface area contributed by atoms with Crippen LogP contribution in [0.2, 0.25) is 0 Å². The number of methoxy groups -OCH3 is 1. The van der Waals surface area contributed by atoms with Crippen molar-refractivity contribution in [3.63, 3.8) is 0 Å². The van der Waals surface area contributed by atoms with Gasteiger partial charge in [0.15, 0.2) is 6.10 Å². The minimum Gasteiger partial charge on any atom is -0.492 e. The molecule has 0 bridgehead atoms. The van der Waals surface area contributed by atoms with Gasteiger partial charge in [0.1, 0.15) is 24.5 Å². The maximum absolute atomic E-state index is 14.3. The molecule has 12 heteroatoms. The number of hydrogen-bond donors (Lipinski definition) is 3. The summed E-state index contributed by atoms with van der Waals surface area (Å²) in [7, 11) is 3.14. The summed E-state index contributed by atoms with van der Waals surface area (Å²) >= 11 is 0. The summed E-state index contributed by atoms with van der Waals surface area (Å²) in [6.45, 7) is 5.07. The topological polar surface area (TPSA) is 139 Å². The molecule has 3 aliphatic rings. The van der Waals surface area contributed by atoms with Gasteiger partial charge in [0.05, 0.1) is 44.7 Å². The molecule has 280 valence electrons. The molecule has 0 spiro atoms. The van der Waals surface area contributed by atoms with Gasteiger partial charge in [0.25, 0.3) is 0 Å². The number of carbonyl (C=O) groups excluding carboxylic acids is 2. The van der Waals surface area contributed by atoms with E-state index in [-0.39, 0.29) is 19.6 Å². The van der Waals surface area contributed by atoms with E-state index in [0.717, 1.165) is 60.9 Å². The Labute approximate surface area is 305 Å². The van der Waals surface area contributed by atoms with Crippen molar-refractivity contribution in [1.82, 2.24) is 15.1 Å². The first-order valence-electron chi connectivity index (χ1n) is 18.2. The van der Waals surface area contributed by atoms with E-state index in [1.54, 1.807) is 7.05 Å². The van der Waals surface area contributed by atoms with Gasteiger partial charge in [-0.25, -0.2) is 4.79 Å². The summed E-state index contributed by atoms with van der Waals surface area (Å²) in [5.41, 5.74) is 3.70. The average molecular weight is 718 g/mol. The van der Waals surface area contributed by atoms with Crippen molar-refractivity contribution >= 4 is 12.0 Å². The Balaban J connectivity index is 1.21. The Morgan fingerprint density at radius 3 is 2.42 bits per heavy atom. The molecule has 7 atom stereocenters. The molecule has 2 heterocycles. The summed E-state index contributed by atoms with van der Waals surface area (Å²) in [5.74, 6) is -0.156. The maximum atomic E-state index is 14.3. The van der Waals surface area contributed by atoms with Crippen LogP contribution in [0.1, 0.15) is 40.6 Å². The van der Waals surface area contributed by atoms with E-state index >= 15 is 0 Å². The quantitative estimate of drug-likeness (QED) is 0.215. The second kappa shape index (κ2) is 18.1. The number of likely N-dealkylation sites (N-methyl/N-ethyl adjacent to an activating group) is 1. The third-order valence-electron chi connectivity index (χ3n) is 10.4. The van der Waals surface area contributed by atoms with Gasteiger partial charge in [0, 0.05) is 52.6 Å². The van der Waals surface area contributed by atoms with Crippen molar-refractivity contribution in [3.8, 4) is 5.75 Å². The highest BCUT2D eigenvalue weighted by Crippen LogP contribution is 2.36. The Hall–Kier alpha value is -4.04. The average Bonchev–Trinajstić information content (AvgIpc) is 3.76. The van der Waals surface area contributed by atoms with Crippen LogP contribution in [0.5, 0.6) is 5.75 Å². The zero-order chi connectivity index (χ0) is 36.5. The highest BCUT2D eigenvalue weighted by atomic mass is 16.6. The number of hydrogen-bond acceptors (Lipinski definition) is 10. The van der Waals surface area contributed by atoms with Gasteiger partial charge in [-0.05, 0) is 40.8 Å². The van der Waals surface area contributed by atoms with Gasteiger partial charge in [-0.3, -0.25) is 9.69 Å². The van der Waals surface area contributed by atoms with E-state index in [2.05, 4.69) is 10.2 Å². The molecule has 0 unspecified atom stereocenters. The highest BCUT2D eigenvalue weighted by molar-refractivity contribution is 5.86. The molecule has 0 radical (unpaired) electrons. The summed E-state index contributed by atoms with van der Waals surface area (Å²) in [4.78, 5) is 31.5. The molecule has 6 rings (SSSR count). The number of carbonyl (C=O) groups is 2. The fraction of sp³-hybridized carbons (Fsp3) is 0.500. The normalized spacial score (nSPS) is 23.3. The molecular formula is C40H51N3O9. The van der Waals surface area contributed by atoms with E-state index in [4.69, 9.17) is 23.7 Å². The lowest BCUT2D eigenvalue weighted by Gasteiger charge is -2.33. The first kappa shape index (κ1) is 37.7. The first-order chi connectivity index (χ1) is 25.3. The van der Waals surface area contributed by atoms with Crippen LogP contribution in [0.3, 0.4) is 0 Å². The van der Waals surface area contributed by atoms with Gasteiger partial charge >= 0.3 is 6.09 Å². The fourth-order valence-corrected chi connectivity index (χ4v) is 7.46. The first-order valence-corrected chi connectivity index (χ1v) is 18.2. The second-order valence-corrected chi connectivity index (χ2v) is 13.8. The Bertz CT molecular complexity index is 1590. The number of ether oxygens (including phenoxy) is 5. The minimum atomic E-state index is -1.17. The monoisotopic (exact) mass is 717 g/mol. The lowest BCUT2D eigenvalue weighted by Crippen LogP contribution is -2.52. The molecule has 3 aromatic rings. The predicted octanol–water partition coefficient (Wildman–Crippen LogP) is 3.10. The number of aliphatic hydroxyl groups is 2. The summed E-state index contributed by atoms with van der Waals surface area (Å²) in [5, 5.41) is 25.9. The van der Waals surface area contributed by atoms with Crippen LogP contribution < -0.4 is 10.1 Å². The number of nitrogens with one attached hydrogen (secondary N) is 1. The zero-order valence-corrected chi connectivity index (χ0v) is 30.0. The third kappa shape index (κ3) is 9.49. The number of fused-ring (bicyclic) bond motifs is 1. The number of rotatable bonds is 15. The molecule has 0 saturated carbocycles. The molecule has 1 aliphatic carbocycles. The lowest BCUT2D eigenvalue weighted by atomic mass is 9.84. The van der Waals surface area contributed by atoms with Crippen LogP contribution in [-0.4, -0.2) is 129 Å². The zero-order valence-electron chi connectivity index (χ0n) is 30.0. The summed E-state index contributed by atoms with van der Waals surface area (Å²) in [6, 6.07) is 23.4. The molecule has 52 heavy (non-hydrogen) atoms. The number of aliphatic hydroxyl groups excluding tert-OH is 2. The standard InChI is InChI=1S/C40H51N3O9/c1-42(38-31-11-7-6-10-29(31)23-35(38)45)39(46)33(41-40(47)52-37-26-50-25-36(37)48-2)24-34(44)32(22-27-8-4-3-5-9-27)28-12-14-30(15-13-28)51-21-18-43-16-19-49-20-17-43/h3-15,32-38,44-45H,16-26H2,1-2H3,(H,41,47)/t32-,33+,34-,35+,36-,37+,38-/m0/s1. The smallest absolute Gasteiger partial charge is 0.408 e. The van der Waals surface area contributed by atoms with Crippen LogP contribution in [0.4, 0.5) is 4.79 Å². The van der Waals surface area contributed by atoms with Gasteiger partial charge in [0.2, 0.25) is 5.91 Å². The van der Waals surface area contributed by atoms with Crippen LogP contribution in [-0.2, 0) is 36.6 Å². The Kier molecular flexibility index (Phi) is 13.2. The lowest BCUT2D eigenvalue weighted by molar-refractivity contribution is -0.137. The van der Waals surface area contributed by atoms with Crippen LogP contribution in [0.25, 0.3) is 0 Å². The molecule has 3 aromatic carbocycles. The van der Waals surface area contributed by atoms with Gasteiger partial charge < -0.3 is 44.1 Å². The molecule has 12 nitrogen and oxygen atoms in total. The van der Waals surface area contributed by atoms with E-state index < -0.39 is 54.4 Å². The van der Waals surface area contributed by atoms with Crippen molar-refractivity contribution in [1.29, 1.82) is 0 Å². The van der Waals surface area contributed by atoms with Crippen LogP contribution in [0.15, 0.2) is 78.9 Å². The SMILES string of the molecule is CO[C@H]1COC[C@H]1OC(=O)N[C@H](C[C@H](O)[C@@H](Cc1ccccc1)c1ccc(OCCN2CCOCC2)cc1)C(=O)N(C)[C@H]1c2ccccc2C[C@H]1O. The molecule has 2 saturated heterocycles. The summed E-state index contributed by atoms with van der Waals surface area (Å²) < 4.78 is 28.0. The van der Waals surface area contributed by atoms with Crippen LogP contribution in [0, 0.1) is 0 Å². The van der Waals surface area contributed by atoms with Crippen molar-refractivity contribution < 1.29 is 43.5 Å². The number of alkyl carbamates (subject to hydrolysis) is 1. The molecule has 2 fully saturated rings. The Morgan fingerprint density at radius 2 is 1.67 bits per heavy atom. The number of morpholine rings is 1. The third-order valence-corrected chi connectivity index (χ3v) is 10.4. The van der Waals surface area contributed by atoms with Crippen molar-refractivity contribution in [2.75, 3.05) is 66.8 Å².